The maximum atomic E-state index is 12.8. The van der Waals surface area contributed by atoms with Crippen molar-refractivity contribution >= 4 is 18.3 Å². The van der Waals surface area contributed by atoms with Crippen LogP contribution in [-0.2, 0) is 11.3 Å². The molecule has 0 bridgehead atoms. The van der Waals surface area contributed by atoms with Crippen LogP contribution in [0.3, 0.4) is 0 Å². The smallest absolute Gasteiger partial charge is 0.321 e. The Morgan fingerprint density at radius 1 is 1.10 bits per heavy atom. The van der Waals surface area contributed by atoms with Gasteiger partial charge in [0.25, 0.3) is 5.91 Å². The first-order valence-electron chi connectivity index (χ1n) is 9.67. The van der Waals surface area contributed by atoms with Crippen LogP contribution in [0, 0.1) is 0 Å². The van der Waals surface area contributed by atoms with Crippen LogP contribution in [0.5, 0.6) is 5.75 Å². The number of hydrogen-bond acceptors (Lipinski definition) is 5. The first-order valence-corrected chi connectivity index (χ1v) is 9.67. The molecule has 3 N–H and O–H groups in total. The van der Waals surface area contributed by atoms with Gasteiger partial charge >= 0.3 is 6.03 Å². The van der Waals surface area contributed by atoms with Gasteiger partial charge in [0.2, 0.25) is 6.41 Å². The summed E-state index contributed by atoms with van der Waals surface area (Å²) in [5.74, 6) is -0.0777. The summed E-state index contributed by atoms with van der Waals surface area (Å²) < 4.78 is 0. The summed E-state index contributed by atoms with van der Waals surface area (Å²) in [4.78, 5) is 41.1. The van der Waals surface area contributed by atoms with E-state index in [0.717, 1.165) is 22.3 Å². The molecule has 156 valence electrons. The van der Waals surface area contributed by atoms with Gasteiger partial charge in [-0.3, -0.25) is 19.9 Å². The Bertz CT molecular complexity index is 1120. The number of carbonyl (C=O) groups is 3. The summed E-state index contributed by atoms with van der Waals surface area (Å²) in [7, 11) is 0. The third-order valence-electron chi connectivity index (χ3n) is 5.19. The molecule has 2 heterocycles. The van der Waals surface area contributed by atoms with E-state index in [9.17, 15) is 19.5 Å². The van der Waals surface area contributed by atoms with Gasteiger partial charge in [-0.05, 0) is 52.6 Å². The van der Waals surface area contributed by atoms with Crippen molar-refractivity contribution in [3.63, 3.8) is 0 Å². The van der Waals surface area contributed by atoms with E-state index < -0.39 is 12.1 Å². The van der Waals surface area contributed by atoms with Crippen molar-refractivity contribution in [2.75, 3.05) is 6.54 Å². The molecule has 0 radical (unpaired) electrons. The largest absolute Gasteiger partial charge is 0.508 e. The molecule has 0 spiro atoms. The fourth-order valence-corrected chi connectivity index (χ4v) is 3.68. The molecular formula is C23H20N4O4. The van der Waals surface area contributed by atoms with Crippen LogP contribution in [0.25, 0.3) is 11.1 Å². The molecule has 8 heteroatoms. The Balaban J connectivity index is 1.57. The lowest BCUT2D eigenvalue weighted by atomic mass is 10.0. The van der Waals surface area contributed by atoms with Gasteiger partial charge in [-0.15, -0.1) is 0 Å². The fraction of sp³-hybridized carbons (Fsp3) is 0.130. The van der Waals surface area contributed by atoms with E-state index in [0.29, 0.717) is 18.5 Å². The van der Waals surface area contributed by atoms with Gasteiger partial charge < -0.3 is 15.3 Å². The average Bonchev–Trinajstić information content (AvgIpc) is 3.08. The number of fused-ring (bicyclic) bond motifs is 1. The van der Waals surface area contributed by atoms with Gasteiger partial charge in [-0.1, -0.05) is 24.3 Å². The van der Waals surface area contributed by atoms with Gasteiger partial charge in [0.05, 0.1) is 6.04 Å². The molecule has 1 aliphatic rings. The van der Waals surface area contributed by atoms with E-state index in [1.54, 1.807) is 29.4 Å². The number of phenolic OH excluding ortho intramolecular Hbond substituents is 1. The van der Waals surface area contributed by atoms with Gasteiger partial charge in [0.15, 0.2) is 0 Å². The second-order valence-corrected chi connectivity index (χ2v) is 7.17. The van der Waals surface area contributed by atoms with Crippen LogP contribution in [0.15, 0.2) is 67.0 Å². The molecule has 0 saturated heterocycles. The molecule has 8 nitrogen and oxygen atoms in total. The van der Waals surface area contributed by atoms with Crippen molar-refractivity contribution in [3.8, 4) is 16.9 Å². The molecule has 3 aromatic rings. The van der Waals surface area contributed by atoms with E-state index in [4.69, 9.17) is 0 Å². The first kappa shape index (κ1) is 20.1. The molecular weight excluding hydrogens is 396 g/mol. The lowest BCUT2D eigenvalue weighted by Gasteiger charge is -2.25. The Morgan fingerprint density at radius 3 is 2.52 bits per heavy atom. The number of nitrogens with one attached hydrogen (secondary N) is 2. The number of pyridine rings is 1. The van der Waals surface area contributed by atoms with E-state index in [1.165, 1.54) is 6.07 Å². The normalized spacial score (nSPS) is 13.4. The number of aromatic hydroxyl groups is 1. The first-order chi connectivity index (χ1) is 15.0. The zero-order valence-electron chi connectivity index (χ0n) is 16.5. The van der Waals surface area contributed by atoms with E-state index >= 15 is 0 Å². The minimum absolute atomic E-state index is 0.0973. The summed E-state index contributed by atoms with van der Waals surface area (Å²) >= 11 is 0. The lowest BCUT2D eigenvalue weighted by Crippen LogP contribution is -2.42. The van der Waals surface area contributed by atoms with Crippen molar-refractivity contribution in [2.45, 2.75) is 12.6 Å². The van der Waals surface area contributed by atoms with Crippen molar-refractivity contribution in [3.05, 3.63) is 83.7 Å². The third-order valence-corrected chi connectivity index (χ3v) is 5.19. The standard InChI is InChI=1S/C23H20N4O4/c28-14-25-23(31)26-21(13-27-12-18-11-19(29)5-6-20(18)22(27)30)17-3-1-15(2-4-17)16-7-9-24-10-8-16/h1-11,14,21,29H,12-13H2,(H2,25,26,28,31)/t21-/m0/s1. The predicted molar refractivity (Wildman–Crippen MR) is 113 cm³/mol. The van der Waals surface area contributed by atoms with Crippen LogP contribution in [0.4, 0.5) is 4.79 Å². The van der Waals surface area contributed by atoms with Crippen LogP contribution in [0.2, 0.25) is 0 Å². The molecule has 0 saturated carbocycles. The number of aromatic nitrogens is 1. The number of carbonyl (C=O) groups excluding carboxylic acids is 3. The van der Waals surface area contributed by atoms with Gasteiger partial charge in [-0.2, -0.15) is 0 Å². The van der Waals surface area contributed by atoms with Crippen LogP contribution in [-0.4, -0.2) is 39.9 Å². The highest BCUT2D eigenvalue weighted by Gasteiger charge is 2.30. The van der Waals surface area contributed by atoms with Crippen LogP contribution < -0.4 is 10.6 Å². The molecule has 2 aromatic carbocycles. The van der Waals surface area contributed by atoms with Crippen molar-refractivity contribution in [2.24, 2.45) is 0 Å². The number of nitrogens with zero attached hydrogens (tertiary/aromatic N) is 2. The predicted octanol–water partition coefficient (Wildman–Crippen LogP) is 2.61. The lowest BCUT2D eigenvalue weighted by molar-refractivity contribution is -0.108. The molecule has 1 aliphatic heterocycles. The second-order valence-electron chi connectivity index (χ2n) is 7.17. The monoisotopic (exact) mass is 416 g/mol. The van der Waals surface area contributed by atoms with Gasteiger partial charge in [-0.25, -0.2) is 4.79 Å². The quantitative estimate of drug-likeness (QED) is 0.535. The summed E-state index contributed by atoms with van der Waals surface area (Å²) in [5, 5.41) is 14.5. The number of amides is 4. The maximum absolute atomic E-state index is 12.8. The Labute approximate surface area is 178 Å². The van der Waals surface area contributed by atoms with Gasteiger partial charge in [0.1, 0.15) is 5.75 Å². The molecule has 0 aliphatic carbocycles. The fourth-order valence-electron chi connectivity index (χ4n) is 3.68. The Morgan fingerprint density at radius 2 is 1.81 bits per heavy atom. The van der Waals surface area contributed by atoms with E-state index in [1.807, 2.05) is 36.4 Å². The second kappa shape index (κ2) is 8.66. The Hall–Kier alpha value is -4.20. The molecule has 1 aromatic heterocycles. The molecule has 0 unspecified atom stereocenters. The Kier molecular flexibility index (Phi) is 5.61. The highest BCUT2D eigenvalue weighted by molar-refractivity contribution is 5.98. The molecule has 1 atom stereocenters. The minimum atomic E-state index is -0.653. The maximum Gasteiger partial charge on any atom is 0.321 e. The van der Waals surface area contributed by atoms with Crippen molar-refractivity contribution < 1.29 is 19.5 Å². The SMILES string of the molecule is O=CNC(=O)N[C@@H](CN1Cc2cc(O)ccc2C1=O)c1ccc(-c2ccncc2)cc1. The summed E-state index contributed by atoms with van der Waals surface area (Å²) in [6.07, 6.45) is 3.73. The number of rotatable bonds is 6. The van der Waals surface area contributed by atoms with Crippen LogP contribution >= 0.6 is 0 Å². The van der Waals surface area contributed by atoms with E-state index in [2.05, 4.69) is 15.6 Å². The number of urea groups is 1. The molecule has 0 fully saturated rings. The van der Waals surface area contributed by atoms with E-state index in [-0.39, 0.29) is 18.2 Å². The average molecular weight is 416 g/mol. The number of hydrogen-bond donors (Lipinski definition) is 3. The molecule has 4 rings (SSSR count). The number of imide groups is 1. The molecule has 4 amide bonds. The topological polar surface area (TPSA) is 112 Å². The van der Waals surface area contributed by atoms with Gasteiger partial charge in [0, 0.05) is 31.0 Å². The summed E-state index contributed by atoms with van der Waals surface area (Å²) in [6.45, 7) is 0.528. The highest BCUT2D eigenvalue weighted by Crippen LogP contribution is 2.29. The third kappa shape index (κ3) is 4.37. The van der Waals surface area contributed by atoms with Crippen molar-refractivity contribution in [1.29, 1.82) is 0 Å². The number of phenols is 1. The number of benzene rings is 2. The molecule has 31 heavy (non-hydrogen) atoms. The summed E-state index contributed by atoms with van der Waals surface area (Å²) in [5.41, 5.74) is 4.04. The highest BCUT2D eigenvalue weighted by atomic mass is 16.3. The summed E-state index contributed by atoms with van der Waals surface area (Å²) in [6, 6.07) is 14.9. The van der Waals surface area contributed by atoms with Crippen LogP contribution in [0.1, 0.15) is 27.5 Å². The zero-order valence-corrected chi connectivity index (χ0v) is 16.5. The van der Waals surface area contributed by atoms with Crippen molar-refractivity contribution in [1.82, 2.24) is 20.5 Å². The minimum Gasteiger partial charge on any atom is -0.508 e. The zero-order chi connectivity index (χ0) is 21.8.